The van der Waals surface area contributed by atoms with Crippen molar-refractivity contribution in [3.63, 3.8) is 0 Å². The lowest BCUT2D eigenvalue weighted by Gasteiger charge is -2.27. The van der Waals surface area contributed by atoms with E-state index in [2.05, 4.69) is 36.4 Å². The molecule has 4 heterocycles. The summed E-state index contributed by atoms with van der Waals surface area (Å²) in [6.45, 7) is 5.08. The van der Waals surface area contributed by atoms with Gasteiger partial charge in [0.1, 0.15) is 5.82 Å². The van der Waals surface area contributed by atoms with E-state index in [1.54, 1.807) is 0 Å². The number of fused-ring (bicyclic) bond motifs is 1. The highest BCUT2D eigenvalue weighted by molar-refractivity contribution is 5.46. The van der Waals surface area contributed by atoms with Crippen LogP contribution in [-0.2, 0) is 17.6 Å². The van der Waals surface area contributed by atoms with Gasteiger partial charge in [0, 0.05) is 38.4 Å². The highest BCUT2D eigenvalue weighted by Gasteiger charge is 2.25. The Bertz CT molecular complexity index is 824. The van der Waals surface area contributed by atoms with Crippen LogP contribution in [0.3, 0.4) is 0 Å². The van der Waals surface area contributed by atoms with Crippen molar-refractivity contribution >= 4 is 17.6 Å². The maximum atomic E-state index is 5.42. The van der Waals surface area contributed by atoms with E-state index >= 15 is 0 Å². The van der Waals surface area contributed by atoms with E-state index in [1.165, 1.54) is 24.1 Å². The Labute approximate surface area is 165 Å². The van der Waals surface area contributed by atoms with E-state index in [0.29, 0.717) is 6.04 Å². The summed E-state index contributed by atoms with van der Waals surface area (Å²) in [5.41, 5.74) is 2.58. The molecule has 8 nitrogen and oxygen atoms in total. The molecule has 148 valence electrons. The van der Waals surface area contributed by atoms with Gasteiger partial charge in [0.2, 0.25) is 5.95 Å². The first-order valence-corrected chi connectivity index (χ1v) is 10.4. The molecule has 3 aliphatic rings. The number of hydrogen-bond donors (Lipinski definition) is 1. The van der Waals surface area contributed by atoms with Gasteiger partial charge in [-0.3, -0.25) is 0 Å². The molecule has 0 saturated carbocycles. The predicted octanol–water partition coefficient (Wildman–Crippen LogP) is 1.67. The summed E-state index contributed by atoms with van der Waals surface area (Å²) in [6.07, 6.45) is 7.62. The van der Waals surface area contributed by atoms with Crippen LogP contribution in [-0.4, -0.2) is 65.6 Å². The topological polar surface area (TPSA) is 79.3 Å². The van der Waals surface area contributed by atoms with Crippen LogP contribution in [0.5, 0.6) is 0 Å². The summed E-state index contributed by atoms with van der Waals surface area (Å²) in [7, 11) is 0. The summed E-state index contributed by atoms with van der Waals surface area (Å²) >= 11 is 0. The molecule has 0 aromatic carbocycles. The molecule has 1 aliphatic carbocycles. The first kappa shape index (κ1) is 17.6. The maximum Gasteiger partial charge on any atom is 0.227 e. The maximum absolute atomic E-state index is 5.42. The molecule has 2 aliphatic heterocycles. The van der Waals surface area contributed by atoms with Crippen molar-refractivity contribution in [2.45, 2.75) is 38.1 Å². The van der Waals surface area contributed by atoms with Crippen molar-refractivity contribution in [2.75, 3.05) is 54.5 Å². The molecule has 0 amide bonds. The normalized spacial score (nSPS) is 22.2. The lowest BCUT2D eigenvalue weighted by Crippen LogP contribution is -2.37. The number of ether oxygens (including phenoxy) is 1. The van der Waals surface area contributed by atoms with Crippen LogP contribution in [0.25, 0.3) is 0 Å². The van der Waals surface area contributed by atoms with E-state index in [4.69, 9.17) is 9.72 Å². The number of hydrogen-bond acceptors (Lipinski definition) is 8. The number of anilines is 3. The predicted molar refractivity (Wildman–Crippen MR) is 108 cm³/mol. The second kappa shape index (κ2) is 7.87. The fraction of sp³-hybridized carbons (Fsp3) is 0.600. The van der Waals surface area contributed by atoms with E-state index in [0.717, 1.165) is 76.2 Å². The number of aryl methyl sites for hydroxylation is 2. The molecule has 5 rings (SSSR count). The van der Waals surface area contributed by atoms with Gasteiger partial charge in [0.25, 0.3) is 0 Å². The average Bonchev–Trinajstić information content (AvgIpc) is 3.23. The SMILES string of the molecule is c1cc(NC2CCN(c3cc4c(nn3)CCCC4)C2)nc(N2CCOCC2)n1. The minimum absolute atomic E-state index is 0.352. The van der Waals surface area contributed by atoms with Crippen molar-refractivity contribution in [3.05, 3.63) is 29.6 Å². The number of rotatable bonds is 4. The van der Waals surface area contributed by atoms with Gasteiger partial charge in [-0.15, -0.1) is 5.10 Å². The molecule has 28 heavy (non-hydrogen) atoms. The van der Waals surface area contributed by atoms with Crippen LogP contribution in [0.4, 0.5) is 17.6 Å². The zero-order valence-electron chi connectivity index (χ0n) is 16.2. The van der Waals surface area contributed by atoms with E-state index in [9.17, 15) is 0 Å². The van der Waals surface area contributed by atoms with E-state index < -0.39 is 0 Å². The zero-order valence-corrected chi connectivity index (χ0v) is 16.2. The Morgan fingerprint density at radius 2 is 1.93 bits per heavy atom. The number of nitrogens with one attached hydrogen (secondary N) is 1. The van der Waals surface area contributed by atoms with Crippen LogP contribution in [0.1, 0.15) is 30.5 Å². The van der Waals surface area contributed by atoms with Crippen molar-refractivity contribution < 1.29 is 4.74 Å². The van der Waals surface area contributed by atoms with Gasteiger partial charge in [-0.1, -0.05) is 0 Å². The molecule has 1 N–H and O–H groups in total. The molecule has 1 unspecified atom stereocenters. The van der Waals surface area contributed by atoms with Crippen molar-refractivity contribution in [3.8, 4) is 0 Å². The van der Waals surface area contributed by atoms with E-state index in [-0.39, 0.29) is 0 Å². The summed E-state index contributed by atoms with van der Waals surface area (Å²) < 4.78 is 5.42. The third-order valence-corrected chi connectivity index (χ3v) is 5.86. The van der Waals surface area contributed by atoms with Gasteiger partial charge in [0.15, 0.2) is 5.82 Å². The number of morpholine rings is 1. The molecule has 0 radical (unpaired) electrons. The van der Waals surface area contributed by atoms with Crippen molar-refractivity contribution in [2.24, 2.45) is 0 Å². The molecule has 2 saturated heterocycles. The second-order valence-corrected chi connectivity index (χ2v) is 7.80. The highest BCUT2D eigenvalue weighted by Crippen LogP contribution is 2.25. The van der Waals surface area contributed by atoms with Crippen LogP contribution >= 0.6 is 0 Å². The van der Waals surface area contributed by atoms with Crippen LogP contribution in [0, 0.1) is 0 Å². The summed E-state index contributed by atoms with van der Waals surface area (Å²) in [6, 6.07) is 4.56. The van der Waals surface area contributed by atoms with Gasteiger partial charge in [-0.05, 0) is 49.8 Å². The minimum atomic E-state index is 0.352. The van der Waals surface area contributed by atoms with Crippen LogP contribution in [0.2, 0.25) is 0 Å². The first-order valence-electron chi connectivity index (χ1n) is 10.4. The monoisotopic (exact) mass is 381 g/mol. The van der Waals surface area contributed by atoms with Gasteiger partial charge >= 0.3 is 0 Å². The third-order valence-electron chi connectivity index (χ3n) is 5.86. The molecule has 2 fully saturated rings. The molecule has 1 atom stereocenters. The molecule has 0 spiro atoms. The molecule has 2 aromatic heterocycles. The van der Waals surface area contributed by atoms with Crippen LogP contribution < -0.4 is 15.1 Å². The fourth-order valence-corrected chi connectivity index (χ4v) is 4.27. The Morgan fingerprint density at radius 1 is 1.04 bits per heavy atom. The van der Waals surface area contributed by atoms with Gasteiger partial charge in [-0.25, -0.2) is 4.98 Å². The number of aromatic nitrogens is 4. The van der Waals surface area contributed by atoms with E-state index in [1.807, 2.05) is 12.3 Å². The Balaban J connectivity index is 1.23. The summed E-state index contributed by atoms with van der Waals surface area (Å²) in [5, 5.41) is 12.6. The lowest BCUT2D eigenvalue weighted by molar-refractivity contribution is 0.122. The fourth-order valence-electron chi connectivity index (χ4n) is 4.27. The Morgan fingerprint density at radius 3 is 2.86 bits per heavy atom. The minimum Gasteiger partial charge on any atom is -0.378 e. The van der Waals surface area contributed by atoms with Crippen LogP contribution in [0.15, 0.2) is 18.3 Å². The standard InChI is InChI=1S/C20H27N7O/c1-2-4-17-15(3-1)13-19(25-24-17)27-8-6-16(14-27)22-18-5-7-21-20(23-18)26-9-11-28-12-10-26/h5,7,13,16H,1-4,6,8-12,14H2,(H,21,22,23). The van der Waals surface area contributed by atoms with Gasteiger partial charge < -0.3 is 19.9 Å². The molecule has 8 heteroatoms. The summed E-state index contributed by atoms with van der Waals surface area (Å²) in [4.78, 5) is 13.7. The zero-order chi connectivity index (χ0) is 18.8. The molecular weight excluding hydrogens is 354 g/mol. The third kappa shape index (κ3) is 3.73. The van der Waals surface area contributed by atoms with Crippen molar-refractivity contribution in [1.29, 1.82) is 0 Å². The molecular formula is C20H27N7O. The Kier molecular flexibility index (Phi) is 4.95. The second-order valence-electron chi connectivity index (χ2n) is 7.80. The van der Waals surface area contributed by atoms with Crippen molar-refractivity contribution in [1.82, 2.24) is 20.2 Å². The molecule has 0 bridgehead atoms. The first-order chi connectivity index (χ1) is 13.8. The molecule has 2 aromatic rings. The lowest BCUT2D eigenvalue weighted by atomic mass is 9.97. The largest absolute Gasteiger partial charge is 0.378 e. The summed E-state index contributed by atoms with van der Waals surface area (Å²) in [5.74, 6) is 2.69. The Hall–Kier alpha value is -2.48. The van der Waals surface area contributed by atoms with Gasteiger partial charge in [-0.2, -0.15) is 10.1 Å². The van der Waals surface area contributed by atoms with Gasteiger partial charge in [0.05, 0.1) is 18.9 Å². The smallest absolute Gasteiger partial charge is 0.227 e. The number of nitrogens with zero attached hydrogens (tertiary/aromatic N) is 6. The quantitative estimate of drug-likeness (QED) is 0.857. The average molecular weight is 381 g/mol. The highest BCUT2D eigenvalue weighted by atomic mass is 16.5.